The van der Waals surface area contributed by atoms with E-state index in [2.05, 4.69) is 5.32 Å². The van der Waals surface area contributed by atoms with Crippen molar-refractivity contribution in [1.82, 2.24) is 5.32 Å². The van der Waals surface area contributed by atoms with Crippen LogP contribution in [-0.4, -0.2) is 29.3 Å². The Morgan fingerprint density at radius 1 is 1.35 bits per heavy atom. The van der Waals surface area contributed by atoms with Gasteiger partial charge in [-0.3, -0.25) is 9.59 Å². The molecule has 0 aliphatic heterocycles. The molecular formula is C15H19NO3S. The average molecular weight is 293 g/mol. The highest BCUT2D eigenvalue weighted by molar-refractivity contribution is 7.98. The fourth-order valence-electron chi connectivity index (χ4n) is 2.57. The number of hydrogen-bond donors (Lipinski definition) is 2. The highest BCUT2D eigenvalue weighted by Crippen LogP contribution is 2.26. The van der Waals surface area contributed by atoms with Crippen molar-refractivity contribution in [1.29, 1.82) is 0 Å². The lowest BCUT2D eigenvalue weighted by Gasteiger charge is -2.14. The minimum absolute atomic E-state index is 0.0269. The first-order valence-corrected chi connectivity index (χ1v) is 7.92. The van der Waals surface area contributed by atoms with Crippen molar-refractivity contribution >= 4 is 23.6 Å². The predicted octanol–water partition coefficient (Wildman–Crippen LogP) is 2.70. The van der Waals surface area contributed by atoms with Gasteiger partial charge >= 0.3 is 5.97 Å². The quantitative estimate of drug-likeness (QED) is 0.838. The van der Waals surface area contributed by atoms with Crippen molar-refractivity contribution in [2.45, 2.75) is 37.1 Å². The number of hydrogen-bond acceptors (Lipinski definition) is 3. The van der Waals surface area contributed by atoms with Crippen molar-refractivity contribution < 1.29 is 14.7 Å². The van der Waals surface area contributed by atoms with E-state index in [1.807, 2.05) is 31.4 Å². The SMILES string of the molecule is CSc1ccc(C)c(C(=O)N[C@@H]2CC[C@H](C(=O)O)C2)c1. The molecule has 0 unspecified atom stereocenters. The molecule has 1 amide bonds. The number of amides is 1. The van der Waals surface area contributed by atoms with Gasteiger partial charge in [-0.15, -0.1) is 11.8 Å². The Bertz CT molecular complexity index is 530. The highest BCUT2D eigenvalue weighted by atomic mass is 32.2. The van der Waals surface area contributed by atoms with E-state index in [-0.39, 0.29) is 17.9 Å². The average Bonchev–Trinajstić information content (AvgIpc) is 2.88. The number of carbonyl (C=O) groups excluding carboxylic acids is 1. The maximum Gasteiger partial charge on any atom is 0.306 e. The molecule has 20 heavy (non-hydrogen) atoms. The van der Waals surface area contributed by atoms with Crippen LogP contribution in [0.25, 0.3) is 0 Å². The van der Waals surface area contributed by atoms with Crippen LogP contribution in [0.3, 0.4) is 0 Å². The highest BCUT2D eigenvalue weighted by Gasteiger charge is 2.30. The molecule has 1 fully saturated rings. The van der Waals surface area contributed by atoms with E-state index in [1.165, 1.54) is 0 Å². The Morgan fingerprint density at radius 2 is 2.10 bits per heavy atom. The summed E-state index contributed by atoms with van der Waals surface area (Å²) in [7, 11) is 0. The van der Waals surface area contributed by atoms with Crippen LogP contribution in [0.4, 0.5) is 0 Å². The largest absolute Gasteiger partial charge is 0.481 e. The molecule has 4 nitrogen and oxygen atoms in total. The smallest absolute Gasteiger partial charge is 0.306 e. The first-order valence-electron chi connectivity index (χ1n) is 6.69. The molecule has 0 heterocycles. The van der Waals surface area contributed by atoms with Crippen LogP contribution >= 0.6 is 11.8 Å². The molecule has 0 spiro atoms. The third-order valence-corrected chi connectivity index (χ3v) is 4.53. The van der Waals surface area contributed by atoms with Crippen molar-refractivity contribution in [2.24, 2.45) is 5.92 Å². The molecule has 5 heteroatoms. The van der Waals surface area contributed by atoms with Gasteiger partial charge in [0, 0.05) is 16.5 Å². The van der Waals surface area contributed by atoms with Gasteiger partial charge in [0.1, 0.15) is 0 Å². The number of thioether (sulfide) groups is 1. The molecule has 1 saturated carbocycles. The lowest BCUT2D eigenvalue weighted by atomic mass is 10.1. The number of rotatable bonds is 4. The standard InChI is InChI=1S/C15H19NO3S/c1-9-3-6-12(20-2)8-13(9)14(17)16-11-5-4-10(7-11)15(18)19/h3,6,8,10-11H,4-5,7H2,1-2H3,(H,16,17)(H,18,19)/t10-,11+/m0/s1. The maximum absolute atomic E-state index is 12.3. The van der Waals surface area contributed by atoms with Crippen LogP contribution < -0.4 is 5.32 Å². The zero-order valence-electron chi connectivity index (χ0n) is 11.7. The second-order valence-corrected chi connectivity index (χ2v) is 6.08. The summed E-state index contributed by atoms with van der Waals surface area (Å²) in [6, 6.07) is 5.79. The number of benzene rings is 1. The second-order valence-electron chi connectivity index (χ2n) is 5.20. The zero-order valence-corrected chi connectivity index (χ0v) is 12.5. The first kappa shape index (κ1) is 14.9. The fraction of sp³-hybridized carbons (Fsp3) is 0.467. The van der Waals surface area contributed by atoms with E-state index in [0.717, 1.165) is 16.9 Å². The van der Waals surface area contributed by atoms with Gasteiger partial charge in [0.2, 0.25) is 0 Å². The van der Waals surface area contributed by atoms with Crippen molar-refractivity contribution in [3.05, 3.63) is 29.3 Å². The Balaban J connectivity index is 2.04. The van der Waals surface area contributed by atoms with E-state index in [1.54, 1.807) is 11.8 Å². The van der Waals surface area contributed by atoms with E-state index in [4.69, 9.17) is 5.11 Å². The van der Waals surface area contributed by atoms with Crippen molar-refractivity contribution in [3.8, 4) is 0 Å². The molecule has 1 aromatic rings. The monoisotopic (exact) mass is 293 g/mol. The Labute approximate surface area is 123 Å². The molecule has 2 atom stereocenters. The summed E-state index contributed by atoms with van der Waals surface area (Å²) in [5.74, 6) is -1.18. The van der Waals surface area contributed by atoms with Crippen LogP contribution in [0, 0.1) is 12.8 Å². The topological polar surface area (TPSA) is 66.4 Å². The summed E-state index contributed by atoms with van der Waals surface area (Å²) in [6.07, 6.45) is 3.89. The number of carbonyl (C=O) groups is 2. The number of nitrogens with one attached hydrogen (secondary N) is 1. The Hall–Kier alpha value is -1.49. The summed E-state index contributed by atoms with van der Waals surface area (Å²) in [6.45, 7) is 1.91. The zero-order chi connectivity index (χ0) is 14.7. The summed E-state index contributed by atoms with van der Waals surface area (Å²) >= 11 is 1.60. The van der Waals surface area contributed by atoms with Gasteiger partial charge in [0.25, 0.3) is 5.91 Å². The van der Waals surface area contributed by atoms with E-state index in [0.29, 0.717) is 18.4 Å². The molecule has 0 bridgehead atoms. The van der Waals surface area contributed by atoms with Gasteiger partial charge in [-0.2, -0.15) is 0 Å². The maximum atomic E-state index is 12.3. The number of carboxylic acid groups (broad SMARTS) is 1. The minimum Gasteiger partial charge on any atom is -0.481 e. The van der Waals surface area contributed by atoms with Gasteiger partial charge in [-0.1, -0.05) is 6.07 Å². The molecule has 0 saturated heterocycles. The summed E-state index contributed by atoms with van der Waals surface area (Å²) in [4.78, 5) is 24.3. The van der Waals surface area contributed by atoms with Gasteiger partial charge < -0.3 is 10.4 Å². The number of aryl methyl sites for hydroxylation is 1. The van der Waals surface area contributed by atoms with Crippen LogP contribution in [-0.2, 0) is 4.79 Å². The second kappa shape index (κ2) is 6.31. The molecule has 2 N–H and O–H groups in total. The van der Waals surface area contributed by atoms with Gasteiger partial charge in [-0.25, -0.2) is 0 Å². The van der Waals surface area contributed by atoms with E-state index in [9.17, 15) is 9.59 Å². The normalized spacial score (nSPS) is 21.7. The van der Waals surface area contributed by atoms with Crippen LogP contribution in [0.15, 0.2) is 23.1 Å². The van der Waals surface area contributed by atoms with Crippen LogP contribution in [0.1, 0.15) is 35.2 Å². The Kier molecular flexibility index (Phi) is 4.70. The molecular weight excluding hydrogens is 274 g/mol. The molecule has 1 aliphatic carbocycles. The minimum atomic E-state index is -0.762. The lowest BCUT2D eigenvalue weighted by Crippen LogP contribution is -2.33. The molecule has 108 valence electrons. The van der Waals surface area contributed by atoms with Crippen LogP contribution in [0.2, 0.25) is 0 Å². The van der Waals surface area contributed by atoms with E-state index >= 15 is 0 Å². The summed E-state index contributed by atoms with van der Waals surface area (Å²) in [5, 5.41) is 11.9. The van der Waals surface area contributed by atoms with E-state index < -0.39 is 5.97 Å². The van der Waals surface area contributed by atoms with Gasteiger partial charge in [-0.05, 0) is 50.1 Å². The van der Waals surface area contributed by atoms with Crippen molar-refractivity contribution in [2.75, 3.05) is 6.26 Å². The third kappa shape index (κ3) is 3.33. The molecule has 0 radical (unpaired) electrons. The fourth-order valence-corrected chi connectivity index (χ4v) is 3.01. The summed E-state index contributed by atoms with van der Waals surface area (Å²) < 4.78 is 0. The number of aliphatic carboxylic acids is 1. The molecule has 0 aromatic heterocycles. The third-order valence-electron chi connectivity index (χ3n) is 3.81. The molecule has 1 aliphatic rings. The molecule has 1 aromatic carbocycles. The lowest BCUT2D eigenvalue weighted by molar-refractivity contribution is -0.141. The van der Waals surface area contributed by atoms with Gasteiger partial charge in [0.15, 0.2) is 0 Å². The van der Waals surface area contributed by atoms with Crippen molar-refractivity contribution in [3.63, 3.8) is 0 Å². The van der Waals surface area contributed by atoms with Crippen LogP contribution in [0.5, 0.6) is 0 Å². The van der Waals surface area contributed by atoms with Gasteiger partial charge in [0.05, 0.1) is 5.92 Å². The first-order chi connectivity index (χ1) is 9.51. The Morgan fingerprint density at radius 3 is 2.70 bits per heavy atom. The predicted molar refractivity (Wildman–Crippen MR) is 79.2 cm³/mol. The number of carboxylic acids is 1. The summed E-state index contributed by atoms with van der Waals surface area (Å²) in [5.41, 5.74) is 1.61. The molecule has 2 rings (SSSR count).